The Morgan fingerprint density at radius 3 is 2.73 bits per heavy atom. The van der Waals surface area contributed by atoms with Gasteiger partial charge < -0.3 is 10.4 Å². The Labute approximate surface area is 75.6 Å². The smallest absolute Gasteiger partial charge is 0.325 e. The first-order chi connectivity index (χ1) is 5.07. The third kappa shape index (κ3) is 5.03. The first-order valence-corrected chi connectivity index (χ1v) is 4.63. The Morgan fingerprint density at radius 1 is 1.82 bits per heavy atom. The van der Waals surface area contributed by atoms with Gasteiger partial charge in [0.2, 0.25) is 0 Å². The summed E-state index contributed by atoms with van der Waals surface area (Å²) < 4.78 is 0.544. The van der Waals surface area contributed by atoms with E-state index in [1.54, 1.807) is 6.92 Å². The fourth-order valence-corrected chi connectivity index (χ4v) is 1.46. The molecule has 0 aromatic rings. The van der Waals surface area contributed by atoms with Crippen LogP contribution in [0.2, 0.25) is 0 Å². The molecule has 0 radical (unpaired) electrons. The van der Waals surface area contributed by atoms with Crippen molar-refractivity contribution in [1.29, 1.82) is 0 Å². The van der Waals surface area contributed by atoms with Crippen LogP contribution in [0.15, 0.2) is 0 Å². The zero-order valence-corrected chi connectivity index (χ0v) is 8.09. The first-order valence-electron chi connectivity index (χ1n) is 3.24. The van der Waals surface area contributed by atoms with Crippen LogP contribution in [0.25, 0.3) is 0 Å². The first kappa shape index (κ1) is 10.7. The molecule has 0 aliphatic rings. The lowest BCUT2D eigenvalue weighted by molar-refractivity contribution is -0.138. The summed E-state index contributed by atoms with van der Waals surface area (Å²) in [5.41, 5.74) is 0. The zero-order chi connectivity index (χ0) is 8.85. The molecule has 2 N–H and O–H groups in total. The maximum absolute atomic E-state index is 10.3. The highest BCUT2D eigenvalue weighted by Gasteiger charge is 2.10. The standard InChI is InChI=1S/C6H11NO2S2/c1-3-11-6(10)7-4(2)5(8)9/h4H,3H2,1-2H3,(H,7,10)(H,8,9)/t4-/m1/s1. The van der Waals surface area contributed by atoms with Gasteiger partial charge in [-0.05, 0) is 12.7 Å². The molecule has 5 heteroatoms. The molecule has 1 atom stereocenters. The van der Waals surface area contributed by atoms with Crippen LogP contribution in [0.4, 0.5) is 0 Å². The number of thioether (sulfide) groups is 1. The third-order valence-electron chi connectivity index (χ3n) is 0.980. The fraction of sp³-hybridized carbons (Fsp3) is 0.667. The van der Waals surface area contributed by atoms with Gasteiger partial charge in [0.05, 0.1) is 0 Å². The van der Waals surface area contributed by atoms with Gasteiger partial charge in [0.25, 0.3) is 0 Å². The largest absolute Gasteiger partial charge is 0.480 e. The number of thiocarbonyl (C=S) groups is 1. The van der Waals surface area contributed by atoms with Crippen LogP contribution in [-0.4, -0.2) is 27.2 Å². The molecule has 0 saturated heterocycles. The number of carboxylic acids is 1. The van der Waals surface area contributed by atoms with E-state index in [0.29, 0.717) is 4.32 Å². The lowest BCUT2D eigenvalue weighted by Gasteiger charge is -2.09. The molecule has 3 nitrogen and oxygen atoms in total. The van der Waals surface area contributed by atoms with E-state index in [2.05, 4.69) is 5.32 Å². The van der Waals surface area contributed by atoms with Crippen LogP contribution in [0.5, 0.6) is 0 Å². The molecular formula is C6H11NO2S2. The summed E-state index contributed by atoms with van der Waals surface area (Å²) in [5, 5.41) is 11.1. The quantitative estimate of drug-likeness (QED) is 0.657. The van der Waals surface area contributed by atoms with Gasteiger partial charge in [-0.1, -0.05) is 30.9 Å². The molecule has 0 aromatic heterocycles. The second-order valence-corrected chi connectivity index (χ2v) is 3.87. The Morgan fingerprint density at radius 2 is 2.36 bits per heavy atom. The van der Waals surface area contributed by atoms with Crippen molar-refractivity contribution in [3.05, 3.63) is 0 Å². The maximum Gasteiger partial charge on any atom is 0.325 e. The number of aliphatic carboxylic acids is 1. The van der Waals surface area contributed by atoms with Gasteiger partial charge in [0.15, 0.2) is 0 Å². The third-order valence-corrected chi connectivity index (χ3v) is 2.12. The van der Waals surface area contributed by atoms with Gasteiger partial charge in [-0.2, -0.15) is 0 Å². The van der Waals surface area contributed by atoms with E-state index in [-0.39, 0.29) is 0 Å². The zero-order valence-electron chi connectivity index (χ0n) is 6.46. The van der Waals surface area contributed by atoms with Crippen LogP contribution < -0.4 is 5.32 Å². The number of carbonyl (C=O) groups is 1. The molecule has 0 amide bonds. The molecule has 0 aromatic carbocycles. The summed E-state index contributed by atoms with van der Waals surface area (Å²) in [6.45, 7) is 3.52. The second kappa shape index (κ2) is 5.37. The van der Waals surface area contributed by atoms with Crippen LogP contribution in [-0.2, 0) is 4.79 Å². The molecule has 64 valence electrons. The molecule has 0 aliphatic heterocycles. The van der Waals surface area contributed by atoms with Crippen molar-refractivity contribution in [2.24, 2.45) is 0 Å². The van der Waals surface area contributed by atoms with Gasteiger partial charge in [-0.15, -0.1) is 0 Å². The molecule has 11 heavy (non-hydrogen) atoms. The monoisotopic (exact) mass is 193 g/mol. The summed E-state index contributed by atoms with van der Waals surface area (Å²) in [4.78, 5) is 10.3. The molecule has 0 fully saturated rings. The number of nitrogens with one attached hydrogen (secondary N) is 1. The maximum atomic E-state index is 10.3. The summed E-state index contributed by atoms with van der Waals surface area (Å²) in [6.07, 6.45) is 0. The highest BCUT2D eigenvalue weighted by molar-refractivity contribution is 8.22. The Balaban J connectivity index is 3.66. The highest BCUT2D eigenvalue weighted by atomic mass is 32.2. The minimum atomic E-state index is -0.885. The van der Waals surface area contributed by atoms with Crippen LogP contribution in [0, 0.1) is 0 Å². The van der Waals surface area contributed by atoms with E-state index in [1.807, 2.05) is 6.92 Å². The highest BCUT2D eigenvalue weighted by Crippen LogP contribution is 2.00. The summed E-state index contributed by atoms with van der Waals surface area (Å²) in [6, 6.07) is -0.596. The molecule has 0 aliphatic carbocycles. The average molecular weight is 193 g/mol. The van der Waals surface area contributed by atoms with Gasteiger partial charge >= 0.3 is 5.97 Å². The van der Waals surface area contributed by atoms with Crippen molar-refractivity contribution >= 4 is 34.3 Å². The number of hydrogen-bond acceptors (Lipinski definition) is 3. The number of carboxylic acid groups (broad SMARTS) is 1. The molecule has 0 spiro atoms. The van der Waals surface area contributed by atoms with Crippen molar-refractivity contribution < 1.29 is 9.90 Å². The summed E-state index contributed by atoms with van der Waals surface area (Å²) in [7, 11) is 0. The van der Waals surface area contributed by atoms with Crippen LogP contribution in [0.1, 0.15) is 13.8 Å². The van der Waals surface area contributed by atoms with Crippen LogP contribution in [0.3, 0.4) is 0 Å². The van der Waals surface area contributed by atoms with Crippen molar-refractivity contribution in [2.75, 3.05) is 5.75 Å². The SMILES string of the molecule is CCSC(=S)N[C@H](C)C(=O)O. The summed E-state index contributed by atoms with van der Waals surface area (Å²) in [5.74, 6) is -0.0258. The van der Waals surface area contributed by atoms with E-state index in [4.69, 9.17) is 17.3 Å². The molecule has 0 saturated carbocycles. The van der Waals surface area contributed by atoms with E-state index in [0.717, 1.165) is 5.75 Å². The average Bonchev–Trinajstić information content (AvgIpc) is 1.87. The van der Waals surface area contributed by atoms with Gasteiger partial charge in [0.1, 0.15) is 10.4 Å². The molecule has 0 rings (SSSR count). The van der Waals surface area contributed by atoms with Gasteiger partial charge in [-0.3, -0.25) is 4.79 Å². The normalized spacial score (nSPS) is 12.2. The van der Waals surface area contributed by atoms with Crippen molar-refractivity contribution in [2.45, 2.75) is 19.9 Å². The minimum Gasteiger partial charge on any atom is -0.480 e. The van der Waals surface area contributed by atoms with E-state index >= 15 is 0 Å². The van der Waals surface area contributed by atoms with Crippen LogP contribution >= 0.6 is 24.0 Å². The van der Waals surface area contributed by atoms with E-state index < -0.39 is 12.0 Å². The number of hydrogen-bond donors (Lipinski definition) is 2. The number of rotatable bonds is 3. The predicted octanol–water partition coefficient (Wildman–Crippen LogP) is 1.09. The Hall–Kier alpha value is -0.290. The predicted molar refractivity (Wildman–Crippen MR) is 51.0 cm³/mol. The molecule has 0 heterocycles. The Kier molecular flexibility index (Phi) is 5.23. The Bertz CT molecular complexity index is 161. The minimum absolute atomic E-state index is 0.544. The molecule has 0 bridgehead atoms. The van der Waals surface area contributed by atoms with Gasteiger partial charge in [-0.25, -0.2) is 0 Å². The molecule has 0 unspecified atom stereocenters. The van der Waals surface area contributed by atoms with E-state index in [9.17, 15) is 4.79 Å². The fourth-order valence-electron chi connectivity index (χ4n) is 0.411. The van der Waals surface area contributed by atoms with Gasteiger partial charge in [0, 0.05) is 0 Å². The lowest BCUT2D eigenvalue weighted by atomic mass is 10.4. The summed E-state index contributed by atoms with van der Waals surface area (Å²) >= 11 is 6.27. The van der Waals surface area contributed by atoms with Crippen molar-refractivity contribution in [3.63, 3.8) is 0 Å². The van der Waals surface area contributed by atoms with E-state index in [1.165, 1.54) is 11.8 Å². The lowest BCUT2D eigenvalue weighted by Crippen LogP contribution is -2.36. The molecular weight excluding hydrogens is 182 g/mol. The topological polar surface area (TPSA) is 49.3 Å². The second-order valence-electron chi connectivity index (χ2n) is 1.92. The van der Waals surface area contributed by atoms with Crippen molar-refractivity contribution in [1.82, 2.24) is 5.32 Å². The van der Waals surface area contributed by atoms with Crippen molar-refractivity contribution in [3.8, 4) is 0 Å².